The number of nitrogens with one attached hydrogen (secondary N) is 2. The third-order valence-electron chi connectivity index (χ3n) is 6.68. The molecule has 1 heterocycles. The van der Waals surface area contributed by atoms with Crippen LogP contribution in [0.5, 0.6) is 0 Å². The van der Waals surface area contributed by atoms with E-state index in [0.717, 1.165) is 25.0 Å². The van der Waals surface area contributed by atoms with Gasteiger partial charge in [-0.3, -0.25) is 14.5 Å². The van der Waals surface area contributed by atoms with Crippen molar-refractivity contribution < 1.29 is 41.1 Å². The van der Waals surface area contributed by atoms with Crippen LogP contribution >= 0.6 is 0 Å². The summed E-state index contributed by atoms with van der Waals surface area (Å²) >= 11 is 0. The third kappa shape index (κ3) is 8.56. The van der Waals surface area contributed by atoms with E-state index in [4.69, 9.17) is 4.74 Å². The molecule has 1 aliphatic heterocycles. The van der Waals surface area contributed by atoms with Crippen LogP contribution in [-0.4, -0.2) is 61.4 Å². The number of amides is 3. The zero-order chi connectivity index (χ0) is 30.8. The molecule has 0 bridgehead atoms. The van der Waals surface area contributed by atoms with E-state index in [1.54, 1.807) is 37.8 Å². The minimum atomic E-state index is -4.73. The van der Waals surface area contributed by atoms with Crippen LogP contribution in [0.25, 0.3) is 0 Å². The second-order valence-corrected chi connectivity index (χ2v) is 11.6. The molecular weight excluding hydrogens is 563 g/mol. The molecule has 3 amide bonds. The van der Waals surface area contributed by atoms with Gasteiger partial charge in [0.1, 0.15) is 35.9 Å². The van der Waals surface area contributed by atoms with Gasteiger partial charge in [-0.1, -0.05) is 12.1 Å². The first-order valence-electron chi connectivity index (χ1n) is 13.5. The van der Waals surface area contributed by atoms with Crippen molar-refractivity contribution in [3.05, 3.63) is 59.7 Å². The van der Waals surface area contributed by atoms with E-state index in [0.29, 0.717) is 29.1 Å². The number of alkyl carbamates (subject to hydrolysis) is 1. The quantitative estimate of drug-likeness (QED) is 0.431. The fourth-order valence-electron chi connectivity index (χ4n) is 4.79. The van der Waals surface area contributed by atoms with Crippen LogP contribution in [0, 0.1) is 17.6 Å². The molecule has 1 aliphatic carbocycles. The molecule has 0 spiro atoms. The van der Waals surface area contributed by atoms with Crippen molar-refractivity contribution in [3.8, 4) is 0 Å². The molecule has 8 nitrogen and oxygen atoms in total. The lowest BCUT2D eigenvalue weighted by atomic mass is 10.0. The molecule has 2 atom stereocenters. The van der Waals surface area contributed by atoms with E-state index in [1.807, 2.05) is 0 Å². The summed E-state index contributed by atoms with van der Waals surface area (Å²) in [4.78, 5) is 42.2. The van der Waals surface area contributed by atoms with E-state index in [2.05, 4.69) is 10.6 Å². The van der Waals surface area contributed by atoms with E-state index < -0.39 is 59.9 Å². The molecule has 2 aliphatic rings. The normalized spacial score (nSPS) is 18.2. The largest absolute Gasteiger partial charge is 0.444 e. The highest BCUT2D eigenvalue weighted by Gasteiger charge is 2.42. The smallest absolute Gasteiger partial charge is 0.408 e. The van der Waals surface area contributed by atoms with Gasteiger partial charge in [0.05, 0.1) is 11.4 Å². The van der Waals surface area contributed by atoms with E-state index in [-0.39, 0.29) is 24.2 Å². The molecular formula is C29H33F5N4O4. The first-order chi connectivity index (χ1) is 19.6. The van der Waals surface area contributed by atoms with Crippen LogP contribution < -0.4 is 20.4 Å². The lowest BCUT2D eigenvalue weighted by Gasteiger charge is -2.28. The van der Waals surface area contributed by atoms with Crippen molar-refractivity contribution in [2.75, 3.05) is 29.4 Å². The summed E-state index contributed by atoms with van der Waals surface area (Å²) in [5.74, 6) is -3.44. The molecule has 0 radical (unpaired) electrons. The summed E-state index contributed by atoms with van der Waals surface area (Å²) in [6.07, 6.45) is -4.26. The van der Waals surface area contributed by atoms with Gasteiger partial charge in [0.15, 0.2) is 0 Å². The van der Waals surface area contributed by atoms with Gasteiger partial charge in [0.2, 0.25) is 5.91 Å². The Bertz CT molecular complexity index is 1310. The number of nitrogens with zero attached hydrogens (tertiary/aromatic N) is 2. The lowest BCUT2D eigenvalue weighted by molar-refractivity contribution is -0.135. The molecule has 1 saturated carbocycles. The van der Waals surface area contributed by atoms with Crippen molar-refractivity contribution in [2.45, 2.75) is 63.9 Å². The number of hydrogen-bond donors (Lipinski definition) is 2. The molecule has 42 heavy (non-hydrogen) atoms. The first-order valence-corrected chi connectivity index (χ1v) is 13.5. The Morgan fingerprint density at radius 2 is 1.64 bits per heavy atom. The summed E-state index contributed by atoms with van der Waals surface area (Å²) in [5, 5.41) is 4.87. The fourth-order valence-corrected chi connectivity index (χ4v) is 4.79. The monoisotopic (exact) mass is 596 g/mol. The van der Waals surface area contributed by atoms with Gasteiger partial charge in [-0.25, -0.2) is 13.6 Å². The summed E-state index contributed by atoms with van der Waals surface area (Å²) in [7, 11) is 0. The number of fused-ring (bicyclic) bond motifs is 1. The fraction of sp³-hybridized carbons (Fsp3) is 0.483. The van der Waals surface area contributed by atoms with Gasteiger partial charge in [-0.15, -0.1) is 0 Å². The standard InChI is InChI=1S/C29H33F5N4O4/c1-28(2,3)42-27(41)36-21(12-18-10-19(30)13-20(31)11-18)25(39)35-22-15-37(14-17-8-9-17)23-6-4-5-7-24(23)38(26(22)40)16-29(32,33)34/h4-7,10-11,13,17,21-22H,8-9,12,14-16H2,1-3H3,(H,35,39)(H,36,41)/t21-,22-/m1/s1. The molecule has 2 aromatic rings. The number of carbonyl (C=O) groups is 3. The molecule has 2 N–H and O–H groups in total. The number of anilines is 2. The zero-order valence-electron chi connectivity index (χ0n) is 23.4. The predicted molar refractivity (Wildman–Crippen MR) is 145 cm³/mol. The number of benzene rings is 2. The topological polar surface area (TPSA) is 91.0 Å². The Labute approximate surface area is 240 Å². The Morgan fingerprint density at radius 3 is 2.21 bits per heavy atom. The van der Waals surface area contributed by atoms with E-state index in [9.17, 15) is 36.3 Å². The molecule has 4 rings (SSSR count). The minimum Gasteiger partial charge on any atom is -0.444 e. The summed E-state index contributed by atoms with van der Waals surface area (Å²) < 4.78 is 73.9. The van der Waals surface area contributed by atoms with Gasteiger partial charge in [-0.05, 0) is 69.4 Å². The number of hydrogen-bond acceptors (Lipinski definition) is 5. The van der Waals surface area contributed by atoms with E-state index in [1.165, 1.54) is 12.1 Å². The second kappa shape index (κ2) is 12.1. The van der Waals surface area contributed by atoms with Crippen molar-refractivity contribution in [1.29, 1.82) is 0 Å². The maximum atomic E-state index is 13.9. The van der Waals surface area contributed by atoms with Crippen LogP contribution in [0.4, 0.5) is 38.1 Å². The SMILES string of the molecule is CC(C)(C)OC(=O)N[C@H](Cc1cc(F)cc(F)c1)C(=O)N[C@@H]1CN(CC2CC2)c2ccccc2N(CC(F)(F)F)C1=O. The van der Waals surface area contributed by atoms with Crippen molar-refractivity contribution >= 4 is 29.3 Å². The number of rotatable bonds is 8. The first kappa shape index (κ1) is 31.0. The van der Waals surface area contributed by atoms with Crippen LogP contribution in [0.15, 0.2) is 42.5 Å². The Balaban J connectivity index is 1.64. The molecule has 0 saturated heterocycles. The number of halogens is 5. The number of carbonyl (C=O) groups excluding carboxylic acids is 3. The number of para-hydroxylation sites is 2. The summed E-state index contributed by atoms with van der Waals surface area (Å²) in [6.45, 7) is 3.55. The molecule has 2 aromatic carbocycles. The summed E-state index contributed by atoms with van der Waals surface area (Å²) in [6, 6.07) is 5.94. The van der Waals surface area contributed by atoms with Gasteiger partial charge < -0.3 is 20.3 Å². The van der Waals surface area contributed by atoms with Crippen molar-refractivity contribution in [2.24, 2.45) is 5.92 Å². The minimum absolute atomic E-state index is 0.0253. The zero-order valence-corrected chi connectivity index (χ0v) is 23.4. The van der Waals surface area contributed by atoms with Crippen molar-refractivity contribution in [1.82, 2.24) is 10.6 Å². The Kier molecular flexibility index (Phi) is 8.98. The molecule has 228 valence electrons. The Morgan fingerprint density at radius 1 is 1.02 bits per heavy atom. The lowest BCUT2D eigenvalue weighted by Crippen LogP contribution is -2.58. The summed E-state index contributed by atoms with van der Waals surface area (Å²) in [5.41, 5.74) is -0.425. The average Bonchev–Trinajstić information content (AvgIpc) is 3.68. The maximum absolute atomic E-state index is 13.9. The second-order valence-electron chi connectivity index (χ2n) is 11.6. The van der Waals surface area contributed by atoms with Gasteiger partial charge in [-0.2, -0.15) is 13.2 Å². The van der Waals surface area contributed by atoms with Crippen LogP contribution in [0.2, 0.25) is 0 Å². The highest BCUT2D eigenvalue weighted by molar-refractivity contribution is 6.04. The van der Waals surface area contributed by atoms with Crippen molar-refractivity contribution in [3.63, 3.8) is 0 Å². The van der Waals surface area contributed by atoms with Crippen LogP contribution in [0.3, 0.4) is 0 Å². The predicted octanol–water partition coefficient (Wildman–Crippen LogP) is 4.71. The highest BCUT2D eigenvalue weighted by Crippen LogP contribution is 2.38. The highest BCUT2D eigenvalue weighted by atomic mass is 19.4. The van der Waals surface area contributed by atoms with E-state index >= 15 is 0 Å². The van der Waals surface area contributed by atoms with Crippen LogP contribution in [-0.2, 0) is 20.7 Å². The van der Waals surface area contributed by atoms with Gasteiger partial charge in [0.25, 0.3) is 5.91 Å². The van der Waals surface area contributed by atoms with Gasteiger partial charge >= 0.3 is 12.3 Å². The number of ether oxygens (including phenoxy) is 1. The Hall–Kier alpha value is -3.90. The van der Waals surface area contributed by atoms with Crippen LogP contribution in [0.1, 0.15) is 39.2 Å². The molecule has 1 fully saturated rings. The average molecular weight is 597 g/mol. The molecule has 13 heteroatoms. The molecule has 0 unspecified atom stereocenters. The third-order valence-corrected chi connectivity index (χ3v) is 6.68. The van der Waals surface area contributed by atoms with Gasteiger partial charge in [0, 0.05) is 25.6 Å². The molecule has 0 aromatic heterocycles. The maximum Gasteiger partial charge on any atom is 0.408 e. The number of alkyl halides is 3.